The van der Waals surface area contributed by atoms with Crippen LogP contribution in [0.3, 0.4) is 0 Å². The third-order valence-corrected chi connectivity index (χ3v) is 2.59. The van der Waals surface area contributed by atoms with Crippen LogP contribution in [0.5, 0.6) is 0 Å². The van der Waals surface area contributed by atoms with E-state index in [0.29, 0.717) is 5.56 Å². The molecular formula is C17H20O6. The van der Waals surface area contributed by atoms with Gasteiger partial charge in [0.2, 0.25) is 0 Å². The van der Waals surface area contributed by atoms with Gasteiger partial charge in [0.05, 0.1) is 17.8 Å². The molecule has 0 aromatic heterocycles. The molecule has 6 nitrogen and oxygen atoms in total. The van der Waals surface area contributed by atoms with Crippen LogP contribution in [0, 0.1) is 0 Å². The Balaban J connectivity index is 3.13. The Kier molecular flexibility index (Phi) is 6.50. The molecule has 1 aromatic carbocycles. The van der Waals surface area contributed by atoms with Crippen molar-refractivity contribution in [3.63, 3.8) is 0 Å². The van der Waals surface area contributed by atoms with E-state index < -0.39 is 17.9 Å². The molecule has 6 heteroatoms. The highest BCUT2D eigenvalue weighted by Crippen LogP contribution is 2.13. The lowest BCUT2D eigenvalue weighted by Gasteiger charge is -2.12. The van der Waals surface area contributed by atoms with Crippen molar-refractivity contribution in [1.82, 2.24) is 0 Å². The monoisotopic (exact) mass is 320 g/mol. The molecule has 0 bridgehead atoms. The van der Waals surface area contributed by atoms with Gasteiger partial charge in [-0.2, -0.15) is 0 Å². The van der Waals surface area contributed by atoms with Crippen LogP contribution in [0.1, 0.15) is 43.6 Å². The van der Waals surface area contributed by atoms with E-state index in [4.69, 9.17) is 14.6 Å². The molecule has 0 aliphatic heterocycles. The molecule has 1 aromatic rings. The second-order valence-corrected chi connectivity index (χ2v) is 5.39. The molecule has 0 fully saturated rings. The van der Waals surface area contributed by atoms with Gasteiger partial charge in [-0.25, -0.2) is 14.4 Å². The molecule has 0 saturated carbocycles. The van der Waals surface area contributed by atoms with E-state index >= 15 is 0 Å². The number of ether oxygens (including phenoxy) is 2. The van der Waals surface area contributed by atoms with Crippen molar-refractivity contribution >= 4 is 24.0 Å². The van der Waals surface area contributed by atoms with Crippen LogP contribution in [0.15, 0.2) is 29.8 Å². The number of rotatable bonds is 6. The number of aromatic carboxylic acids is 1. The topological polar surface area (TPSA) is 89.9 Å². The first-order chi connectivity index (χ1) is 10.7. The lowest BCUT2D eigenvalue weighted by atomic mass is 10.1. The molecule has 1 N–H and O–H groups in total. The van der Waals surface area contributed by atoms with E-state index in [9.17, 15) is 14.4 Å². The number of carboxylic acids is 1. The third kappa shape index (κ3) is 5.94. The minimum absolute atomic E-state index is 0.109. The minimum atomic E-state index is -1.06. The SMILES string of the molecule is CC(C)OC(=O)C(=Cc1ccc(C(=O)O)cc1)C(=O)OC(C)C. The zero-order valence-electron chi connectivity index (χ0n) is 13.5. The lowest BCUT2D eigenvalue weighted by Crippen LogP contribution is -2.23. The molecule has 0 aliphatic rings. The molecule has 0 saturated heterocycles. The molecule has 23 heavy (non-hydrogen) atoms. The number of carbonyl (C=O) groups excluding carboxylic acids is 2. The summed E-state index contributed by atoms with van der Waals surface area (Å²) in [4.78, 5) is 35.0. The molecule has 0 atom stereocenters. The highest BCUT2D eigenvalue weighted by molar-refractivity contribution is 6.17. The maximum atomic E-state index is 12.1. The first-order valence-corrected chi connectivity index (χ1v) is 7.17. The fourth-order valence-electron chi connectivity index (χ4n) is 1.64. The van der Waals surface area contributed by atoms with Crippen molar-refractivity contribution in [2.45, 2.75) is 39.9 Å². The van der Waals surface area contributed by atoms with Crippen molar-refractivity contribution in [2.24, 2.45) is 0 Å². The number of carboxylic acid groups (broad SMARTS) is 1. The van der Waals surface area contributed by atoms with Gasteiger partial charge in [-0.15, -0.1) is 0 Å². The zero-order chi connectivity index (χ0) is 17.6. The van der Waals surface area contributed by atoms with E-state index in [1.165, 1.54) is 30.3 Å². The maximum Gasteiger partial charge on any atom is 0.345 e. The van der Waals surface area contributed by atoms with Gasteiger partial charge in [0, 0.05) is 0 Å². The van der Waals surface area contributed by atoms with Gasteiger partial charge in [0.15, 0.2) is 0 Å². The maximum absolute atomic E-state index is 12.1. The Hall–Kier alpha value is -2.63. The Morgan fingerprint density at radius 2 is 1.35 bits per heavy atom. The second kappa shape index (κ2) is 8.12. The lowest BCUT2D eigenvalue weighted by molar-refractivity contribution is -0.150. The van der Waals surface area contributed by atoms with E-state index in [-0.39, 0.29) is 23.3 Å². The summed E-state index contributed by atoms with van der Waals surface area (Å²) in [7, 11) is 0. The number of hydrogen-bond donors (Lipinski definition) is 1. The third-order valence-electron chi connectivity index (χ3n) is 2.59. The van der Waals surface area contributed by atoms with Gasteiger partial charge in [0.25, 0.3) is 0 Å². The van der Waals surface area contributed by atoms with Crippen LogP contribution in [-0.2, 0) is 19.1 Å². The average molecular weight is 320 g/mol. The van der Waals surface area contributed by atoms with E-state index in [0.717, 1.165) is 0 Å². The van der Waals surface area contributed by atoms with Crippen LogP contribution >= 0.6 is 0 Å². The van der Waals surface area contributed by atoms with E-state index in [2.05, 4.69) is 0 Å². The first-order valence-electron chi connectivity index (χ1n) is 7.17. The van der Waals surface area contributed by atoms with Crippen LogP contribution in [0.4, 0.5) is 0 Å². The number of carbonyl (C=O) groups is 3. The standard InChI is InChI=1S/C17H20O6/c1-10(2)22-16(20)14(17(21)23-11(3)4)9-12-5-7-13(8-6-12)15(18)19/h5-11H,1-4H3,(H,18,19). The largest absolute Gasteiger partial charge is 0.478 e. The number of esters is 2. The van der Waals surface area contributed by atoms with Gasteiger partial charge < -0.3 is 14.6 Å². The van der Waals surface area contributed by atoms with Gasteiger partial charge in [-0.05, 0) is 51.5 Å². The quantitative estimate of drug-likeness (QED) is 0.375. The highest BCUT2D eigenvalue weighted by Gasteiger charge is 2.23. The molecule has 124 valence electrons. The van der Waals surface area contributed by atoms with Crippen LogP contribution < -0.4 is 0 Å². The van der Waals surface area contributed by atoms with Crippen molar-refractivity contribution in [1.29, 1.82) is 0 Å². The summed E-state index contributed by atoms with van der Waals surface area (Å²) < 4.78 is 10.1. The predicted octanol–water partition coefficient (Wildman–Crippen LogP) is 2.67. The molecule has 1 rings (SSSR count). The fraction of sp³-hybridized carbons (Fsp3) is 0.353. The van der Waals surface area contributed by atoms with Crippen LogP contribution in [0.25, 0.3) is 6.08 Å². The van der Waals surface area contributed by atoms with Crippen LogP contribution in [-0.4, -0.2) is 35.2 Å². The number of hydrogen-bond acceptors (Lipinski definition) is 5. The van der Waals surface area contributed by atoms with Crippen LogP contribution in [0.2, 0.25) is 0 Å². The Morgan fingerprint density at radius 3 is 1.70 bits per heavy atom. The molecule has 0 amide bonds. The molecule has 0 heterocycles. The molecular weight excluding hydrogens is 300 g/mol. The summed E-state index contributed by atoms with van der Waals surface area (Å²) in [5.74, 6) is -2.62. The summed E-state index contributed by atoms with van der Waals surface area (Å²) in [6.45, 7) is 6.69. The van der Waals surface area contributed by atoms with E-state index in [1.54, 1.807) is 27.7 Å². The van der Waals surface area contributed by atoms with Crippen molar-refractivity contribution < 1.29 is 29.0 Å². The van der Waals surface area contributed by atoms with Gasteiger partial charge in [0.1, 0.15) is 5.57 Å². The highest BCUT2D eigenvalue weighted by atomic mass is 16.6. The molecule has 0 unspecified atom stereocenters. The Morgan fingerprint density at radius 1 is 0.913 bits per heavy atom. The fourth-order valence-corrected chi connectivity index (χ4v) is 1.64. The minimum Gasteiger partial charge on any atom is -0.478 e. The van der Waals surface area contributed by atoms with E-state index in [1.807, 2.05) is 0 Å². The van der Waals surface area contributed by atoms with Crippen molar-refractivity contribution in [3.05, 3.63) is 41.0 Å². The summed E-state index contributed by atoms with van der Waals surface area (Å²) in [6, 6.07) is 5.75. The summed E-state index contributed by atoms with van der Waals surface area (Å²) in [5.41, 5.74) is 0.361. The Labute approximate surface area is 134 Å². The smallest absolute Gasteiger partial charge is 0.345 e. The second-order valence-electron chi connectivity index (χ2n) is 5.39. The zero-order valence-corrected chi connectivity index (χ0v) is 13.5. The molecule has 0 aliphatic carbocycles. The molecule has 0 spiro atoms. The molecule has 0 radical (unpaired) electrons. The average Bonchev–Trinajstić information content (AvgIpc) is 2.43. The number of benzene rings is 1. The van der Waals surface area contributed by atoms with Crippen molar-refractivity contribution in [3.8, 4) is 0 Å². The van der Waals surface area contributed by atoms with Gasteiger partial charge in [-0.1, -0.05) is 12.1 Å². The summed E-state index contributed by atoms with van der Waals surface area (Å²) in [6.07, 6.45) is 0.556. The van der Waals surface area contributed by atoms with Crippen molar-refractivity contribution in [2.75, 3.05) is 0 Å². The first kappa shape index (κ1) is 18.4. The normalized spacial score (nSPS) is 10.3. The van der Waals surface area contributed by atoms with Gasteiger partial charge in [-0.3, -0.25) is 0 Å². The predicted molar refractivity (Wildman–Crippen MR) is 83.8 cm³/mol. The van der Waals surface area contributed by atoms with Gasteiger partial charge >= 0.3 is 17.9 Å². The Bertz CT molecular complexity index is 586. The summed E-state index contributed by atoms with van der Waals surface area (Å²) >= 11 is 0. The summed E-state index contributed by atoms with van der Waals surface area (Å²) in [5, 5.41) is 8.87.